The first-order valence-corrected chi connectivity index (χ1v) is 5.64. The van der Waals surface area contributed by atoms with E-state index in [-0.39, 0.29) is 33.8 Å². The molecule has 18 heavy (non-hydrogen) atoms. The molecule has 4 heteroatoms. The maximum absolute atomic E-state index is 10.1. The first-order valence-electron chi connectivity index (χ1n) is 5.64. The van der Waals surface area contributed by atoms with E-state index in [1.807, 2.05) is 0 Å². The van der Waals surface area contributed by atoms with Crippen molar-refractivity contribution in [1.29, 1.82) is 0 Å². The second-order valence-electron chi connectivity index (χ2n) is 4.64. The largest absolute Gasteiger partial charge is 0.507 e. The molecular formula is C14H16O4. The van der Waals surface area contributed by atoms with Gasteiger partial charge in [-0.05, 0) is 49.9 Å². The number of phenolic OH excluding ortho intramolecular Hbond substituents is 4. The van der Waals surface area contributed by atoms with E-state index in [1.54, 1.807) is 27.7 Å². The Morgan fingerprint density at radius 3 is 0.778 bits per heavy atom. The van der Waals surface area contributed by atoms with Gasteiger partial charge in [0.15, 0.2) is 0 Å². The lowest BCUT2D eigenvalue weighted by atomic mass is 9.94. The number of aromatic hydroxyl groups is 4. The normalized spacial score (nSPS) is 11.1. The number of fused-ring (bicyclic) bond motifs is 1. The minimum absolute atomic E-state index is 0.0937. The van der Waals surface area contributed by atoms with Crippen LogP contribution in [0.25, 0.3) is 10.8 Å². The molecule has 0 atom stereocenters. The van der Waals surface area contributed by atoms with Gasteiger partial charge in [0.2, 0.25) is 0 Å². The van der Waals surface area contributed by atoms with Crippen molar-refractivity contribution in [3.05, 3.63) is 22.3 Å². The van der Waals surface area contributed by atoms with E-state index < -0.39 is 0 Å². The predicted molar refractivity (Wildman–Crippen MR) is 69.6 cm³/mol. The molecule has 0 radical (unpaired) electrons. The Bertz CT molecular complexity index is 559. The number of hydrogen-bond donors (Lipinski definition) is 4. The molecular weight excluding hydrogens is 232 g/mol. The Kier molecular flexibility index (Phi) is 2.54. The van der Waals surface area contributed by atoms with Crippen LogP contribution in [0.5, 0.6) is 23.0 Å². The average Bonchev–Trinajstić information content (AvgIpc) is 2.35. The van der Waals surface area contributed by atoms with Crippen LogP contribution < -0.4 is 0 Å². The van der Waals surface area contributed by atoms with E-state index in [1.165, 1.54) is 0 Å². The van der Waals surface area contributed by atoms with Gasteiger partial charge >= 0.3 is 0 Å². The number of hydrogen-bond acceptors (Lipinski definition) is 4. The van der Waals surface area contributed by atoms with E-state index in [0.29, 0.717) is 22.3 Å². The lowest BCUT2D eigenvalue weighted by molar-refractivity contribution is 0.440. The van der Waals surface area contributed by atoms with Gasteiger partial charge in [-0.1, -0.05) is 0 Å². The van der Waals surface area contributed by atoms with Crippen molar-refractivity contribution in [2.75, 3.05) is 0 Å². The van der Waals surface area contributed by atoms with Crippen molar-refractivity contribution in [3.63, 3.8) is 0 Å². The zero-order valence-corrected chi connectivity index (χ0v) is 10.8. The van der Waals surface area contributed by atoms with Crippen molar-refractivity contribution < 1.29 is 20.4 Å². The molecule has 0 fully saturated rings. The van der Waals surface area contributed by atoms with Crippen molar-refractivity contribution in [3.8, 4) is 23.0 Å². The van der Waals surface area contributed by atoms with E-state index in [4.69, 9.17) is 0 Å². The SMILES string of the molecule is Cc1c(C)c(O)c2c(O)c(C)c(C)c(O)c2c1O. The van der Waals surface area contributed by atoms with Crippen molar-refractivity contribution in [2.45, 2.75) is 27.7 Å². The number of phenols is 4. The smallest absolute Gasteiger partial charge is 0.130 e. The lowest BCUT2D eigenvalue weighted by Crippen LogP contribution is -1.92. The minimum Gasteiger partial charge on any atom is -0.507 e. The van der Waals surface area contributed by atoms with Gasteiger partial charge < -0.3 is 20.4 Å². The van der Waals surface area contributed by atoms with Gasteiger partial charge in [0.1, 0.15) is 23.0 Å². The third-order valence-corrected chi connectivity index (χ3v) is 3.74. The van der Waals surface area contributed by atoms with Crippen LogP contribution in [0.3, 0.4) is 0 Å². The molecule has 2 aromatic carbocycles. The average molecular weight is 248 g/mol. The molecule has 4 N–H and O–H groups in total. The summed E-state index contributed by atoms with van der Waals surface area (Å²) in [6, 6.07) is 0. The highest BCUT2D eigenvalue weighted by Gasteiger charge is 2.22. The summed E-state index contributed by atoms with van der Waals surface area (Å²) in [5, 5.41) is 40.6. The molecule has 0 aliphatic carbocycles. The number of benzene rings is 2. The van der Waals surface area contributed by atoms with Crippen LogP contribution in [0.15, 0.2) is 0 Å². The monoisotopic (exact) mass is 248 g/mol. The van der Waals surface area contributed by atoms with Gasteiger partial charge in [0.05, 0.1) is 10.8 Å². The molecule has 0 heterocycles. The molecule has 0 spiro atoms. The van der Waals surface area contributed by atoms with Crippen LogP contribution in [0.4, 0.5) is 0 Å². The van der Waals surface area contributed by atoms with Gasteiger partial charge in [-0.25, -0.2) is 0 Å². The second kappa shape index (κ2) is 3.70. The van der Waals surface area contributed by atoms with Gasteiger partial charge in [0, 0.05) is 0 Å². The van der Waals surface area contributed by atoms with Crippen LogP contribution in [0.1, 0.15) is 22.3 Å². The van der Waals surface area contributed by atoms with Crippen molar-refractivity contribution in [2.24, 2.45) is 0 Å². The third-order valence-electron chi connectivity index (χ3n) is 3.74. The molecule has 2 aromatic rings. The Balaban J connectivity index is 3.22. The molecule has 0 aliphatic rings. The quantitative estimate of drug-likeness (QED) is 0.540. The highest BCUT2D eigenvalue weighted by molar-refractivity contribution is 6.04. The summed E-state index contributed by atoms with van der Waals surface area (Å²) in [5.41, 5.74) is 1.94. The van der Waals surface area contributed by atoms with Crippen molar-refractivity contribution >= 4 is 10.8 Å². The van der Waals surface area contributed by atoms with Gasteiger partial charge in [0.25, 0.3) is 0 Å². The summed E-state index contributed by atoms with van der Waals surface area (Å²) in [7, 11) is 0. The molecule has 0 unspecified atom stereocenters. The Hall–Kier alpha value is -2.10. The van der Waals surface area contributed by atoms with E-state index in [9.17, 15) is 20.4 Å². The molecule has 0 saturated carbocycles. The van der Waals surface area contributed by atoms with Crippen LogP contribution in [-0.4, -0.2) is 20.4 Å². The van der Waals surface area contributed by atoms with Gasteiger partial charge in [-0.2, -0.15) is 0 Å². The molecule has 0 saturated heterocycles. The topological polar surface area (TPSA) is 80.9 Å². The standard InChI is InChI=1S/C14H16O4/c1-5-6(2)12(16)10-9(11(5)15)13(17)7(3)8(4)14(10)18/h15-18H,1-4H3. The molecule has 0 amide bonds. The summed E-state index contributed by atoms with van der Waals surface area (Å²) in [6.45, 7) is 6.59. The molecule has 0 bridgehead atoms. The minimum atomic E-state index is -0.115. The fourth-order valence-electron chi connectivity index (χ4n) is 2.16. The Morgan fingerprint density at radius 1 is 0.444 bits per heavy atom. The summed E-state index contributed by atoms with van der Waals surface area (Å²) in [6.07, 6.45) is 0. The highest BCUT2D eigenvalue weighted by atomic mass is 16.3. The molecule has 0 aromatic heterocycles. The van der Waals surface area contributed by atoms with Crippen LogP contribution in [0, 0.1) is 27.7 Å². The molecule has 4 nitrogen and oxygen atoms in total. The van der Waals surface area contributed by atoms with E-state index in [0.717, 1.165) is 0 Å². The fourth-order valence-corrected chi connectivity index (χ4v) is 2.16. The summed E-state index contributed by atoms with van der Waals surface area (Å²) in [4.78, 5) is 0. The number of rotatable bonds is 0. The maximum atomic E-state index is 10.1. The second-order valence-corrected chi connectivity index (χ2v) is 4.64. The zero-order chi connectivity index (χ0) is 13.8. The Labute approximate surface area is 105 Å². The maximum Gasteiger partial charge on any atom is 0.130 e. The van der Waals surface area contributed by atoms with E-state index >= 15 is 0 Å². The van der Waals surface area contributed by atoms with Crippen molar-refractivity contribution in [1.82, 2.24) is 0 Å². The van der Waals surface area contributed by atoms with Crippen LogP contribution in [-0.2, 0) is 0 Å². The summed E-state index contributed by atoms with van der Waals surface area (Å²) >= 11 is 0. The van der Waals surface area contributed by atoms with Crippen LogP contribution >= 0.6 is 0 Å². The summed E-state index contributed by atoms with van der Waals surface area (Å²) in [5.74, 6) is -0.459. The van der Waals surface area contributed by atoms with E-state index in [2.05, 4.69) is 0 Å². The fraction of sp³-hybridized carbons (Fsp3) is 0.286. The third kappa shape index (κ3) is 1.32. The first-order chi connectivity index (χ1) is 8.29. The van der Waals surface area contributed by atoms with Gasteiger partial charge in [-0.3, -0.25) is 0 Å². The lowest BCUT2D eigenvalue weighted by Gasteiger charge is -2.17. The van der Waals surface area contributed by atoms with Gasteiger partial charge in [-0.15, -0.1) is 0 Å². The molecule has 2 rings (SSSR count). The predicted octanol–water partition coefficient (Wildman–Crippen LogP) is 2.90. The molecule has 0 aliphatic heterocycles. The molecule has 96 valence electrons. The van der Waals surface area contributed by atoms with Crippen LogP contribution in [0.2, 0.25) is 0 Å². The first kappa shape index (κ1) is 12.4. The summed E-state index contributed by atoms with van der Waals surface area (Å²) < 4.78 is 0. The Morgan fingerprint density at radius 2 is 0.611 bits per heavy atom. The zero-order valence-electron chi connectivity index (χ0n) is 10.8. The highest BCUT2D eigenvalue weighted by Crippen LogP contribution is 2.49.